The molecule has 1 saturated heterocycles. The molecule has 2 unspecified atom stereocenters. The van der Waals surface area contributed by atoms with Crippen LogP contribution in [0.3, 0.4) is 0 Å². The molecule has 0 spiro atoms. The Labute approximate surface area is 94.6 Å². The fourth-order valence-electron chi connectivity index (χ4n) is 2.55. The van der Waals surface area contributed by atoms with Crippen molar-refractivity contribution in [2.24, 2.45) is 11.7 Å². The van der Waals surface area contributed by atoms with E-state index in [0.717, 1.165) is 6.54 Å². The Morgan fingerprint density at radius 1 is 1.40 bits per heavy atom. The van der Waals surface area contributed by atoms with Crippen molar-refractivity contribution in [3.63, 3.8) is 0 Å². The molecule has 1 heterocycles. The van der Waals surface area contributed by atoms with Gasteiger partial charge in [-0.25, -0.2) is 0 Å². The number of nitrogens with zero attached hydrogens (tertiary/aromatic N) is 2. The van der Waals surface area contributed by atoms with E-state index in [4.69, 9.17) is 5.73 Å². The third-order valence-electron chi connectivity index (χ3n) is 3.64. The van der Waals surface area contributed by atoms with E-state index in [1.54, 1.807) is 0 Å². The highest BCUT2D eigenvalue weighted by Gasteiger charge is 2.27. The number of hydrogen-bond acceptors (Lipinski definition) is 3. The minimum absolute atomic E-state index is 0.563. The summed E-state index contributed by atoms with van der Waals surface area (Å²) in [6, 6.07) is 1.28. The van der Waals surface area contributed by atoms with Gasteiger partial charge in [-0.1, -0.05) is 13.8 Å². The first-order chi connectivity index (χ1) is 7.06. The largest absolute Gasteiger partial charge is 0.329 e. The Balaban J connectivity index is 2.54. The Hall–Kier alpha value is -0.120. The average molecular weight is 213 g/mol. The van der Waals surface area contributed by atoms with Gasteiger partial charge in [0.2, 0.25) is 0 Å². The molecule has 90 valence electrons. The van der Waals surface area contributed by atoms with E-state index in [-0.39, 0.29) is 0 Å². The van der Waals surface area contributed by atoms with E-state index in [2.05, 4.69) is 37.7 Å². The van der Waals surface area contributed by atoms with Gasteiger partial charge in [-0.15, -0.1) is 0 Å². The quantitative estimate of drug-likeness (QED) is 0.756. The minimum atomic E-state index is 0.563. The summed E-state index contributed by atoms with van der Waals surface area (Å²) in [4.78, 5) is 4.93. The molecule has 0 aromatic carbocycles. The molecule has 0 aromatic heterocycles. The number of piperidine rings is 1. The summed E-state index contributed by atoms with van der Waals surface area (Å²) in [6.07, 6.45) is 2.64. The molecule has 1 rings (SSSR count). The lowest BCUT2D eigenvalue weighted by Gasteiger charge is -2.41. The molecule has 1 fully saturated rings. The molecule has 3 nitrogen and oxygen atoms in total. The van der Waals surface area contributed by atoms with Crippen molar-refractivity contribution in [1.29, 1.82) is 0 Å². The van der Waals surface area contributed by atoms with Crippen molar-refractivity contribution >= 4 is 0 Å². The zero-order valence-electron chi connectivity index (χ0n) is 10.7. The molecule has 1 aliphatic heterocycles. The van der Waals surface area contributed by atoms with Crippen LogP contribution in [0.2, 0.25) is 0 Å². The first-order valence-corrected chi connectivity index (χ1v) is 6.16. The van der Waals surface area contributed by atoms with Gasteiger partial charge in [0.05, 0.1) is 0 Å². The zero-order valence-corrected chi connectivity index (χ0v) is 10.7. The van der Waals surface area contributed by atoms with Crippen LogP contribution in [0, 0.1) is 5.92 Å². The second kappa shape index (κ2) is 5.83. The lowest BCUT2D eigenvalue weighted by molar-refractivity contribution is 0.0793. The van der Waals surface area contributed by atoms with Gasteiger partial charge in [-0.05, 0) is 39.4 Å². The molecule has 0 aliphatic carbocycles. The molecule has 0 aromatic rings. The number of nitrogens with two attached hydrogens (primary N) is 1. The van der Waals surface area contributed by atoms with Gasteiger partial charge in [0.25, 0.3) is 0 Å². The molecular weight excluding hydrogens is 186 g/mol. The first-order valence-electron chi connectivity index (χ1n) is 6.16. The number of rotatable bonds is 4. The summed E-state index contributed by atoms with van der Waals surface area (Å²) in [5.41, 5.74) is 5.87. The smallest absolute Gasteiger partial charge is 0.0242 e. The van der Waals surface area contributed by atoms with Crippen LogP contribution >= 0.6 is 0 Å². The fraction of sp³-hybridized carbons (Fsp3) is 1.00. The Morgan fingerprint density at radius 2 is 2.07 bits per heavy atom. The predicted molar refractivity (Wildman–Crippen MR) is 66.0 cm³/mol. The summed E-state index contributed by atoms with van der Waals surface area (Å²) in [7, 11) is 4.36. The fourth-order valence-corrected chi connectivity index (χ4v) is 2.55. The predicted octanol–water partition coefficient (Wildman–Crippen LogP) is 0.996. The topological polar surface area (TPSA) is 32.5 Å². The maximum absolute atomic E-state index is 5.87. The lowest BCUT2D eigenvalue weighted by atomic mass is 9.97. The van der Waals surface area contributed by atoms with E-state index in [1.807, 2.05) is 0 Å². The highest BCUT2D eigenvalue weighted by atomic mass is 15.2. The summed E-state index contributed by atoms with van der Waals surface area (Å²) < 4.78 is 0. The van der Waals surface area contributed by atoms with E-state index in [0.29, 0.717) is 18.0 Å². The molecule has 0 bridgehead atoms. The van der Waals surface area contributed by atoms with Crippen molar-refractivity contribution < 1.29 is 0 Å². The minimum Gasteiger partial charge on any atom is -0.329 e. The van der Waals surface area contributed by atoms with Crippen LogP contribution in [-0.2, 0) is 0 Å². The lowest BCUT2D eigenvalue weighted by Crippen LogP contribution is -2.53. The summed E-state index contributed by atoms with van der Waals surface area (Å²) in [5, 5.41) is 0. The maximum atomic E-state index is 5.87. The van der Waals surface area contributed by atoms with Crippen molar-refractivity contribution in [3.05, 3.63) is 0 Å². The van der Waals surface area contributed by atoms with E-state index in [1.165, 1.54) is 25.9 Å². The number of likely N-dealkylation sites (tertiary alicyclic amines) is 1. The normalized spacial score (nSPS) is 26.2. The summed E-state index contributed by atoms with van der Waals surface area (Å²) in [6.45, 7) is 7.75. The van der Waals surface area contributed by atoms with Crippen LogP contribution in [-0.4, -0.2) is 55.6 Å². The van der Waals surface area contributed by atoms with Crippen LogP contribution in [0.4, 0.5) is 0 Å². The van der Waals surface area contributed by atoms with Crippen molar-refractivity contribution in [2.75, 3.05) is 33.7 Å². The zero-order chi connectivity index (χ0) is 11.4. The van der Waals surface area contributed by atoms with Crippen LogP contribution in [0.25, 0.3) is 0 Å². The molecule has 15 heavy (non-hydrogen) atoms. The number of hydrogen-bond donors (Lipinski definition) is 1. The van der Waals surface area contributed by atoms with Crippen molar-refractivity contribution in [1.82, 2.24) is 9.80 Å². The van der Waals surface area contributed by atoms with E-state index in [9.17, 15) is 0 Å². The molecular formula is C12H27N3. The van der Waals surface area contributed by atoms with Crippen LogP contribution in [0.15, 0.2) is 0 Å². The van der Waals surface area contributed by atoms with Gasteiger partial charge in [-0.3, -0.25) is 4.90 Å². The molecule has 0 amide bonds. The monoisotopic (exact) mass is 213 g/mol. The van der Waals surface area contributed by atoms with Crippen LogP contribution in [0.1, 0.15) is 26.7 Å². The number of likely N-dealkylation sites (N-methyl/N-ethyl adjacent to an activating group) is 1. The molecule has 0 radical (unpaired) electrons. The van der Waals surface area contributed by atoms with Gasteiger partial charge in [0, 0.05) is 25.2 Å². The van der Waals surface area contributed by atoms with Gasteiger partial charge in [0.1, 0.15) is 0 Å². The van der Waals surface area contributed by atoms with E-state index >= 15 is 0 Å². The summed E-state index contributed by atoms with van der Waals surface area (Å²) in [5.74, 6) is 0.663. The van der Waals surface area contributed by atoms with Crippen LogP contribution < -0.4 is 5.73 Å². The highest BCUT2D eigenvalue weighted by Crippen LogP contribution is 2.19. The van der Waals surface area contributed by atoms with Crippen LogP contribution in [0.5, 0.6) is 0 Å². The molecule has 0 saturated carbocycles. The first kappa shape index (κ1) is 12.9. The molecule has 3 heteroatoms. The van der Waals surface area contributed by atoms with Crippen molar-refractivity contribution in [2.45, 2.75) is 38.8 Å². The standard InChI is InChI=1S/C12H27N3/c1-10(2)12(8-13)15-7-5-6-11(9-15)14(3)4/h10-12H,5-9,13H2,1-4H3. The third-order valence-corrected chi connectivity index (χ3v) is 3.64. The Bertz CT molecular complexity index is 180. The maximum Gasteiger partial charge on any atom is 0.0242 e. The summed E-state index contributed by atoms with van der Waals surface area (Å²) >= 11 is 0. The highest BCUT2D eigenvalue weighted by molar-refractivity contribution is 4.84. The molecule has 1 aliphatic rings. The average Bonchev–Trinajstić information content (AvgIpc) is 2.18. The van der Waals surface area contributed by atoms with Crippen molar-refractivity contribution in [3.8, 4) is 0 Å². The van der Waals surface area contributed by atoms with Gasteiger partial charge < -0.3 is 10.6 Å². The van der Waals surface area contributed by atoms with Gasteiger partial charge >= 0.3 is 0 Å². The van der Waals surface area contributed by atoms with Gasteiger partial charge in [-0.2, -0.15) is 0 Å². The molecule has 2 N–H and O–H groups in total. The SMILES string of the molecule is CC(C)C(CN)N1CCCC(N(C)C)C1. The Kier molecular flexibility index (Phi) is 5.03. The second-order valence-electron chi connectivity index (χ2n) is 5.30. The molecule has 2 atom stereocenters. The van der Waals surface area contributed by atoms with Gasteiger partial charge in [0.15, 0.2) is 0 Å². The Morgan fingerprint density at radius 3 is 2.53 bits per heavy atom. The van der Waals surface area contributed by atoms with E-state index < -0.39 is 0 Å². The second-order valence-corrected chi connectivity index (χ2v) is 5.30. The third kappa shape index (κ3) is 3.44.